The maximum absolute atomic E-state index is 5.89. The van der Waals surface area contributed by atoms with Crippen LogP contribution >= 0.6 is 0 Å². The van der Waals surface area contributed by atoms with Crippen LogP contribution in [0, 0.1) is 0 Å². The van der Waals surface area contributed by atoms with Gasteiger partial charge >= 0.3 is 0 Å². The molecule has 2 aromatic rings. The Hall–Kier alpha value is -1.51. The molecular formula is C16H23N3. The molecule has 0 aliphatic heterocycles. The van der Waals surface area contributed by atoms with Crippen LogP contribution in [0.5, 0.6) is 0 Å². The summed E-state index contributed by atoms with van der Waals surface area (Å²) in [6, 6.07) is 6.11. The van der Waals surface area contributed by atoms with E-state index < -0.39 is 0 Å². The van der Waals surface area contributed by atoms with Gasteiger partial charge in [0.05, 0.1) is 11.0 Å². The SMILES string of the molecule is CCCC(C)(C)n1c(C2CC2)nc2cc(N)ccc21. The highest BCUT2D eigenvalue weighted by Gasteiger charge is 2.34. The molecule has 1 aromatic carbocycles. The Morgan fingerprint density at radius 1 is 1.37 bits per heavy atom. The van der Waals surface area contributed by atoms with Gasteiger partial charge in [-0.25, -0.2) is 4.98 Å². The Kier molecular flexibility index (Phi) is 2.80. The van der Waals surface area contributed by atoms with E-state index in [2.05, 4.69) is 31.4 Å². The Bertz CT molecular complexity index is 606. The smallest absolute Gasteiger partial charge is 0.113 e. The third kappa shape index (κ3) is 2.11. The Labute approximate surface area is 114 Å². The van der Waals surface area contributed by atoms with Crippen LogP contribution in [0.3, 0.4) is 0 Å². The van der Waals surface area contributed by atoms with Gasteiger partial charge in [-0.2, -0.15) is 0 Å². The fraction of sp³-hybridized carbons (Fsp3) is 0.562. The molecule has 0 spiro atoms. The summed E-state index contributed by atoms with van der Waals surface area (Å²) in [6.07, 6.45) is 4.91. The van der Waals surface area contributed by atoms with Crippen molar-refractivity contribution >= 4 is 16.7 Å². The minimum Gasteiger partial charge on any atom is -0.399 e. The maximum atomic E-state index is 5.89. The number of hydrogen-bond acceptors (Lipinski definition) is 2. The van der Waals surface area contributed by atoms with Crippen LogP contribution in [0.4, 0.5) is 5.69 Å². The molecule has 0 radical (unpaired) electrons. The molecule has 2 N–H and O–H groups in total. The van der Waals surface area contributed by atoms with E-state index in [-0.39, 0.29) is 5.54 Å². The summed E-state index contributed by atoms with van der Waals surface area (Å²) in [5, 5.41) is 0. The zero-order valence-corrected chi connectivity index (χ0v) is 12.1. The first-order chi connectivity index (χ1) is 9.03. The summed E-state index contributed by atoms with van der Waals surface area (Å²) in [5.74, 6) is 1.92. The number of rotatable bonds is 4. The van der Waals surface area contributed by atoms with Crippen molar-refractivity contribution in [2.24, 2.45) is 0 Å². The second kappa shape index (κ2) is 4.26. The monoisotopic (exact) mass is 257 g/mol. The number of nitrogen functional groups attached to an aromatic ring is 1. The van der Waals surface area contributed by atoms with Crippen LogP contribution < -0.4 is 5.73 Å². The van der Waals surface area contributed by atoms with E-state index in [0.29, 0.717) is 5.92 Å². The molecule has 3 heteroatoms. The number of hydrogen-bond donors (Lipinski definition) is 1. The van der Waals surface area contributed by atoms with Crippen molar-refractivity contribution in [2.75, 3.05) is 5.73 Å². The maximum Gasteiger partial charge on any atom is 0.113 e. The molecule has 0 saturated heterocycles. The molecule has 0 bridgehead atoms. The van der Waals surface area contributed by atoms with E-state index >= 15 is 0 Å². The average Bonchev–Trinajstić information content (AvgIpc) is 3.09. The Morgan fingerprint density at radius 2 is 2.11 bits per heavy atom. The number of anilines is 1. The summed E-state index contributed by atoms with van der Waals surface area (Å²) in [4.78, 5) is 4.87. The second-order valence-electron chi connectivity index (χ2n) is 6.39. The Balaban J connectivity index is 2.22. The van der Waals surface area contributed by atoms with Crippen LogP contribution in [0.15, 0.2) is 18.2 Å². The van der Waals surface area contributed by atoms with Crippen LogP contribution in [0.2, 0.25) is 0 Å². The fourth-order valence-corrected chi connectivity index (χ4v) is 3.09. The third-order valence-corrected chi connectivity index (χ3v) is 4.11. The molecule has 3 nitrogen and oxygen atoms in total. The van der Waals surface area contributed by atoms with Crippen molar-refractivity contribution in [3.63, 3.8) is 0 Å². The molecule has 0 atom stereocenters. The number of nitrogens with two attached hydrogens (primary N) is 1. The van der Waals surface area contributed by atoms with Gasteiger partial charge in [-0.3, -0.25) is 0 Å². The van der Waals surface area contributed by atoms with Gasteiger partial charge < -0.3 is 10.3 Å². The summed E-state index contributed by atoms with van der Waals surface area (Å²) in [5.41, 5.74) is 9.09. The van der Waals surface area contributed by atoms with Crippen LogP contribution in [0.1, 0.15) is 58.2 Å². The van der Waals surface area contributed by atoms with Gasteiger partial charge in [0.2, 0.25) is 0 Å². The van der Waals surface area contributed by atoms with Crippen molar-refractivity contribution in [1.82, 2.24) is 9.55 Å². The largest absolute Gasteiger partial charge is 0.399 e. The highest BCUT2D eigenvalue weighted by molar-refractivity contribution is 5.80. The van der Waals surface area contributed by atoms with E-state index in [1.165, 1.54) is 37.0 Å². The number of aromatic nitrogens is 2. The predicted molar refractivity (Wildman–Crippen MR) is 80.4 cm³/mol. The molecule has 0 amide bonds. The summed E-state index contributed by atoms with van der Waals surface area (Å²) < 4.78 is 2.46. The zero-order valence-electron chi connectivity index (χ0n) is 12.1. The molecule has 1 aromatic heterocycles. The van der Waals surface area contributed by atoms with Gasteiger partial charge in [-0.15, -0.1) is 0 Å². The van der Waals surface area contributed by atoms with Gasteiger partial charge in [0.1, 0.15) is 5.82 Å². The van der Waals surface area contributed by atoms with Crippen molar-refractivity contribution in [3.05, 3.63) is 24.0 Å². The lowest BCUT2D eigenvalue weighted by Gasteiger charge is -2.29. The first-order valence-corrected chi connectivity index (χ1v) is 7.31. The molecule has 0 unspecified atom stereocenters. The van der Waals surface area contributed by atoms with Crippen molar-refractivity contribution in [2.45, 2.75) is 57.9 Å². The third-order valence-electron chi connectivity index (χ3n) is 4.11. The fourth-order valence-electron chi connectivity index (χ4n) is 3.09. The van der Waals surface area contributed by atoms with Crippen molar-refractivity contribution in [1.29, 1.82) is 0 Å². The minimum atomic E-state index is 0.123. The van der Waals surface area contributed by atoms with E-state index in [1.807, 2.05) is 12.1 Å². The van der Waals surface area contributed by atoms with E-state index in [0.717, 1.165) is 11.2 Å². The lowest BCUT2D eigenvalue weighted by Crippen LogP contribution is -2.27. The van der Waals surface area contributed by atoms with E-state index in [1.54, 1.807) is 0 Å². The highest BCUT2D eigenvalue weighted by Crippen LogP contribution is 2.43. The quantitative estimate of drug-likeness (QED) is 0.840. The van der Waals surface area contributed by atoms with E-state index in [9.17, 15) is 0 Å². The van der Waals surface area contributed by atoms with Gasteiger partial charge in [0.25, 0.3) is 0 Å². The van der Waals surface area contributed by atoms with Crippen LogP contribution in [-0.4, -0.2) is 9.55 Å². The van der Waals surface area contributed by atoms with Gasteiger partial charge in [0.15, 0.2) is 0 Å². The molecule has 102 valence electrons. The number of nitrogens with zero attached hydrogens (tertiary/aromatic N) is 2. The number of benzene rings is 1. The first kappa shape index (κ1) is 12.5. The van der Waals surface area contributed by atoms with Crippen LogP contribution in [0.25, 0.3) is 11.0 Å². The van der Waals surface area contributed by atoms with Gasteiger partial charge in [0, 0.05) is 17.1 Å². The Morgan fingerprint density at radius 3 is 2.74 bits per heavy atom. The number of fused-ring (bicyclic) bond motifs is 1. The lowest BCUT2D eigenvalue weighted by atomic mass is 9.97. The highest BCUT2D eigenvalue weighted by atomic mass is 15.1. The first-order valence-electron chi connectivity index (χ1n) is 7.31. The summed E-state index contributed by atoms with van der Waals surface area (Å²) in [7, 11) is 0. The molecule has 1 aliphatic carbocycles. The molecule has 3 rings (SSSR count). The molecule has 1 saturated carbocycles. The minimum absolute atomic E-state index is 0.123. The molecule has 19 heavy (non-hydrogen) atoms. The standard InChI is InChI=1S/C16H23N3/c1-4-9-16(2,3)19-14-8-7-12(17)10-13(14)18-15(19)11-5-6-11/h7-8,10-11H,4-6,9,17H2,1-3H3. The predicted octanol–water partition coefficient (Wildman–Crippen LogP) is 4.03. The van der Waals surface area contributed by atoms with Gasteiger partial charge in [-0.05, 0) is 51.3 Å². The lowest BCUT2D eigenvalue weighted by molar-refractivity contribution is 0.323. The van der Waals surface area contributed by atoms with Crippen molar-refractivity contribution in [3.8, 4) is 0 Å². The zero-order chi connectivity index (χ0) is 13.6. The number of imidazole rings is 1. The topological polar surface area (TPSA) is 43.8 Å². The average molecular weight is 257 g/mol. The summed E-state index contributed by atoms with van der Waals surface area (Å²) >= 11 is 0. The van der Waals surface area contributed by atoms with Gasteiger partial charge in [-0.1, -0.05) is 13.3 Å². The second-order valence-corrected chi connectivity index (χ2v) is 6.39. The summed E-state index contributed by atoms with van der Waals surface area (Å²) in [6.45, 7) is 6.88. The normalized spacial score (nSPS) is 16.2. The molecule has 1 aliphatic rings. The van der Waals surface area contributed by atoms with E-state index in [4.69, 9.17) is 10.7 Å². The van der Waals surface area contributed by atoms with Crippen LogP contribution in [-0.2, 0) is 5.54 Å². The van der Waals surface area contributed by atoms with Crippen molar-refractivity contribution < 1.29 is 0 Å². The molecular weight excluding hydrogens is 234 g/mol. The molecule has 1 fully saturated rings. The molecule has 1 heterocycles.